The van der Waals surface area contributed by atoms with E-state index >= 15 is 0 Å². The van der Waals surface area contributed by atoms with E-state index in [4.69, 9.17) is 14.2 Å². The zero-order valence-electron chi connectivity index (χ0n) is 23.3. The number of methoxy groups -OCH3 is 3. The summed E-state index contributed by atoms with van der Waals surface area (Å²) in [5.41, 5.74) is 4.58. The van der Waals surface area contributed by atoms with Gasteiger partial charge in [-0.2, -0.15) is 9.78 Å². The van der Waals surface area contributed by atoms with Crippen molar-refractivity contribution >= 4 is 33.8 Å². The van der Waals surface area contributed by atoms with Crippen molar-refractivity contribution in [1.29, 1.82) is 0 Å². The molecule has 0 atom stereocenters. The lowest BCUT2D eigenvalue weighted by molar-refractivity contribution is 0.245. The molecule has 210 valence electrons. The van der Waals surface area contributed by atoms with Crippen LogP contribution in [0.3, 0.4) is 0 Å². The molecule has 3 heterocycles. The minimum absolute atomic E-state index is 0.275. The lowest BCUT2D eigenvalue weighted by Gasteiger charge is -2.36. The zero-order chi connectivity index (χ0) is 28.3. The van der Waals surface area contributed by atoms with Gasteiger partial charge in [-0.15, -0.1) is 0 Å². The number of piperazine rings is 1. The maximum atomic E-state index is 13.2. The monoisotopic (exact) mass is 552 g/mol. The number of hydrogen-bond acceptors (Lipinski definition) is 8. The Morgan fingerprint density at radius 3 is 2.51 bits per heavy atom. The van der Waals surface area contributed by atoms with Crippen molar-refractivity contribution in [3.63, 3.8) is 0 Å². The Kier molecular flexibility index (Phi) is 7.30. The number of ether oxygens (including phenoxy) is 3. The molecule has 0 spiro atoms. The van der Waals surface area contributed by atoms with Crippen LogP contribution in [0, 0.1) is 0 Å². The lowest BCUT2D eigenvalue weighted by Crippen LogP contribution is -2.46. The molecule has 0 amide bonds. The molecule has 0 aliphatic carbocycles. The summed E-state index contributed by atoms with van der Waals surface area (Å²) in [7, 11) is 5.00. The predicted molar refractivity (Wildman–Crippen MR) is 161 cm³/mol. The number of nitrogens with zero attached hydrogens (tertiary/aromatic N) is 5. The number of H-pyrrole nitrogens is 1. The molecule has 0 bridgehead atoms. The molecule has 10 nitrogen and oxygen atoms in total. The molecule has 1 saturated heterocycles. The van der Waals surface area contributed by atoms with E-state index < -0.39 is 0 Å². The van der Waals surface area contributed by atoms with Gasteiger partial charge in [0.15, 0.2) is 0 Å². The van der Waals surface area contributed by atoms with Crippen molar-refractivity contribution in [2.75, 3.05) is 52.4 Å². The molecule has 41 heavy (non-hydrogen) atoms. The van der Waals surface area contributed by atoms with Crippen LogP contribution in [-0.2, 0) is 6.54 Å². The number of hydrogen-bond donors (Lipinski definition) is 1. The van der Waals surface area contributed by atoms with Crippen molar-refractivity contribution in [3.05, 3.63) is 88.5 Å². The predicted octanol–water partition coefficient (Wildman–Crippen LogP) is 4.11. The number of para-hydroxylation sites is 2. The fraction of sp³-hybridized carbons (Fsp3) is 0.258. The van der Waals surface area contributed by atoms with Gasteiger partial charge in [-0.25, -0.2) is 4.98 Å². The summed E-state index contributed by atoms with van der Waals surface area (Å²) in [4.78, 5) is 25.6. The topological polar surface area (TPSA) is 97.2 Å². The molecular weight excluding hydrogens is 520 g/mol. The Morgan fingerprint density at radius 1 is 0.927 bits per heavy atom. The van der Waals surface area contributed by atoms with E-state index in [0.717, 1.165) is 71.9 Å². The summed E-state index contributed by atoms with van der Waals surface area (Å²) in [5, 5.41) is 5.26. The number of anilines is 1. The summed E-state index contributed by atoms with van der Waals surface area (Å²) in [6, 6.07) is 19.7. The van der Waals surface area contributed by atoms with Gasteiger partial charge in [0, 0.05) is 49.2 Å². The fourth-order valence-electron chi connectivity index (χ4n) is 5.34. The molecule has 0 radical (unpaired) electrons. The van der Waals surface area contributed by atoms with E-state index in [0.29, 0.717) is 16.8 Å². The molecule has 3 aromatic carbocycles. The van der Waals surface area contributed by atoms with Crippen LogP contribution in [0.5, 0.6) is 17.2 Å². The first-order chi connectivity index (χ1) is 20.1. The van der Waals surface area contributed by atoms with Crippen LogP contribution in [0.4, 0.5) is 5.69 Å². The van der Waals surface area contributed by atoms with Crippen LogP contribution in [-0.4, -0.2) is 73.3 Å². The van der Waals surface area contributed by atoms with Crippen molar-refractivity contribution in [2.45, 2.75) is 6.54 Å². The SMILES string of the molecule is COc1ccc2[nH]c3c(=O)n(/N=C\c4ccc(OC)c(CN5CCN(c6ccccc6OC)CC5)c4)cnc3c2c1. The second-order valence-electron chi connectivity index (χ2n) is 9.91. The number of aromatic amines is 1. The van der Waals surface area contributed by atoms with Crippen LogP contribution in [0.15, 0.2) is 76.9 Å². The van der Waals surface area contributed by atoms with Gasteiger partial charge in [-0.3, -0.25) is 9.69 Å². The van der Waals surface area contributed by atoms with Crippen LogP contribution < -0.4 is 24.7 Å². The van der Waals surface area contributed by atoms with Crippen LogP contribution in [0.1, 0.15) is 11.1 Å². The van der Waals surface area contributed by atoms with E-state index in [1.165, 1.54) is 11.0 Å². The van der Waals surface area contributed by atoms with E-state index in [9.17, 15) is 4.79 Å². The molecule has 0 unspecified atom stereocenters. The first-order valence-corrected chi connectivity index (χ1v) is 13.5. The molecule has 10 heteroatoms. The minimum Gasteiger partial charge on any atom is -0.497 e. The Bertz CT molecular complexity index is 1790. The molecule has 5 aromatic rings. The molecule has 0 saturated carbocycles. The van der Waals surface area contributed by atoms with Gasteiger partial charge in [0.2, 0.25) is 0 Å². The summed E-state index contributed by atoms with van der Waals surface area (Å²) < 4.78 is 17.8. The summed E-state index contributed by atoms with van der Waals surface area (Å²) in [6.45, 7) is 4.39. The van der Waals surface area contributed by atoms with Gasteiger partial charge in [0.25, 0.3) is 5.56 Å². The van der Waals surface area contributed by atoms with Gasteiger partial charge < -0.3 is 24.1 Å². The first kappa shape index (κ1) is 26.4. The highest BCUT2D eigenvalue weighted by Gasteiger charge is 2.20. The summed E-state index contributed by atoms with van der Waals surface area (Å²) >= 11 is 0. The van der Waals surface area contributed by atoms with E-state index in [-0.39, 0.29) is 5.56 Å². The Hall–Kier alpha value is -4.83. The number of fused-ring (bicyclic) bond motifs is 3. The van der Waals surface area contributed by atoms with Gasteiger partial charge in [0.1, 0.15) is 34.6 Å². The Balaban J connectivity index is 1.19. The fourth-order valence-corrected chi connectivity index (χ4v) is 5.34. The van der Waals surface area contributed by atoms with Crippen LogP contribution >= 0.6 is 0 Å². The van der Waals surface area contributed by atoms with Gasteiger partial charge in [-0.1, -0.05) is 12.1 Å². The normalized spacial score (nSPS) is 14.3. The van der Waals surface area contributed by atoms with Gasteiger partial charge >= 0.3 is 0 Å². The second-order valence-corrected chi connectivity index (χ2v) is 9.91. The molecule has 1 aliphatic heterocycles. The third-order valence-corrected chi connectivity index (χ3v) is 7.52. The highest BCUT2D eigenvalue weighted by molar-refractivity contribution is 6.04. The molecular formula is C31H32N6O4. The number of rotatable bonds is 8. The van der Waals surface area contributed by atoms with Crippen molar-refractivity contribution in [2.24, 2.45) is 5.10 Å². The zero-order valence-corrected chi connectivity index (χ0v) is 23.3. The van der Waals surface area contributed by atoms with E-state index in [2.05, 4.69) is 37.0 Å². The number of nitrogens with one attached hydrogen (secondary N) is 1. The standard InChI is InChI=1S/C31H32N6O4/c1-39-23-9-10-25-24(17-23)29-30(34-25)31(38)37(20-32-29)33-18-21-8-11-27(40-2)22(16-21)19-35-12-14-36(15-13-35)26-6-4-5-7-28(26)41-3/h4-11,16-18,20,34H,12-15,19H2,1-3H3/b33-18-. The largest absolute Gasteiger partial charge is 0.497 e. The van der Waals surface area contributed by atoms with Gasteiger partial charge in [-0.05, 0) is 54.1 Å². The number of aromatic nitrogens is 3. The molecule has 1 aliphatic rings. The first-order valence-electron chi connectivity index (χ1n) is 13.5. The maximum absolute atomic E-state index is 13.2. The second kappa shape index (κ2) is 11.3. The molecule has 1 fully saturated rings. The molecule has 6 rings (SSSR count). The van der Waals surface area contributed by atoms with Gasteiger partial charge in [0.05, 0.1) is 33.2 Å². The van der Waals surface area contributed by atoms with Crippen LogP contribution in [0.25, 0.3) is 21.9 Å². The minimum atomic E-state index is -0.275. The van der Waals surface area contributed by atoms with E-state index in [1.54, 1.807) is 27.5 Å². The third-order valence-electron chi connectivity index (χ3n) is 7.52. The quantitative estimate of drug-likeness (QED) is 0.290. The number of benzene rings is 3. The Morgan fingerprint density at radius 2 is 1.73 bits per heavy atom. The average Bonchev–Trinajstić information content (AvgIpc) is 3.40. The Labute approximate surface area is 237 Å². The molecule has 2 aromatic heterocycles. The highest BCUT2D eigenvalue weighted by Crippen LogP contribution is 2.29. The van der Waals surface area contributed by atoms with Crippen LogP contribution in [0.2, 0.25) is 0 Å². The van der Waals surface area contributed by atoms with Crippen molar-refractivity contribution in [3.8, 4) is 17.2 Å². The van der Waals surface area contributed by atoms with E-state index in [1.807, 2.05) is 48.5 Å². The highest BCUT2D eigenvalue weighted by atomic mass is 16.5. The smallest absolute Gasteiger partial charge is 0.298 e. The molecule has 1 N–H and O–H groups in total. The van der Waals surface area contributed by atoms with Crippen molar-refractivity contribution < 1.29 is 14.2 Å². The average molecular weight is 553 g/mol. The third kappa shape index (κ3) is 5.21. The lowest BCUT2D eigenvalue weighted by atomic mass is 10.1. The maximum Gasteiger partial charge on any atom is 0.298 e. The summed E-state index contributed by atoms with van der Waals surface area (Å²) in [5.74, 6) is 2.42. The summed E-state index contributed by atoms with van der Waals surface area (Å²) in [6.07, 6.45) is 3.11. The van der Waals surface area contributed by atoms with Crippen molar-refractivity contribution in [1.82, 2.24) is 19.5 Å².